The third-order valence-corrected chi connectivity index (χ3v) is 7.56. The van der Waals surface area contributed by atoms with Crippen LogP contribution in [0.3, 0.4) is 0 Å². The zero-order chi connectivity index (χ0) is 25.3. The first kappa shape index (κ1) is 24.7. The van der Waals surface area contributed by atoms with Crippen LogP contribution >= 0.6 is 0 Å². The Labute approximate surface area is 202 Å². The summed E-state index contributed by atoms with van der Waals surface area (Å²) >= 11 is 0. The van der Waals surface area contributed by atoms with Gasteiger partial charge in [0.2, 0.25) is 0 Å². The molecule has 0 aliphatic carbocycles. The zero-order valence-corrected chi connectivity index (χ0v) is 20.4. The summed E-state index contributed by atoms with van der Waals surface area (Å²) in [7, 11) is -1.03. The lowest BCUT2D eigenvalue weighted by Crippen LogP contribution is -2.38. The Morgan fingerprint density at radius 2 is 1.91 bits per heavy atom. The minimum atomic E-state index is -3.80. The predicted molar refractivity (Wildman–Crippen MR) is 124 cm³/mol. The number of rotatable bonds is 8. The maximum Gasteiger partial charge on any atom is 0.323 e. The summed E-state index contributed by atoms with van der Waals surface area (Å²) in [6, 6.07) is 8.81. The molecule has 13 heteroatoms. The largest absolute Gasteiger partial charge is 0.469 e. The number of aryl methyl sites for hydroxylation is 1. The van der Waals surface area contributed by atoms with Crippen LogP contribution in [0.25, 0.3) is 0 Å². The number of benzene rings is 1. The van der Waals surface area contributed by atoms with Crippen LogP contribution in [-0.2, 0) is 28.2 Å². The van der Waals surface area contributed by atoms with Gasteiger partial charge >= 0.3 is 6.01 Å². The third-order valence-electron chi connectivity index (χ3n) is 5.71. The molecular weight excluding hydrogens is 476 g/mol. The average Bonchev–Trinajstić information content (AvgIpc) is 3.55. The van der Waals surface area contributed by atoms with Crippen molar-refractivity contribution in [3.05, 3.63) is 64.9 Å². The van der Waals surface area contributed by atoms with E-state index in [0.29, 0.717) is 12.3 Å². The van der Waals surface area contributed by atoms with Gasteiger partial charge in [0.25, 0.3) is 16.1 Å². The number of ketones is 1. The number of aromatic nitrogens is 3. The molecule has 1 aliphatic heterocycles. The fraction of sp³-hybridized carbons (Fsp3) is 0.364. The summed E-state index contributed by atoms with van der Waals surface area (Å²) in [6.07, 6.45) is 1.38. The standard InChI is InChI=1S/C22H26N6O6S/c1-14-17(8-9-33-14)21(30)28-22(34-13-16-6-4-15(10-23)5-7-16)24-20(25-28)18-11-27(12-19(18)29)35(31,32)26(2)3/h4-9,18H,10-13,23H2,1-3H3. The van der Waals surface area contributed by atoms with Crippen LogP contribution in [0.1, 0.15) is 39.0 Å². The van der Waals surface area contributed by atoms with Crippen molar-refractivity contribution in [2.45, 2.75) is 26.0 Å². The van der Waals surface area contributed by atoms with Crippen LogP contribution in [0.2, 0.25) is 0 Å². The van der Waals surface area contributed by atoms with Gasteiger partial charge in [-0.1, -0.05) is 24.3 Å². The van der Waals surface area contributed by atoms with Crippen molar-refractivity contribution in [1.29, 1.82) is 0 Å². The molecule has 1 fully saturated rings. The predicted octanol–water partition coefficient (Wildman–Crippen LogP) is 0.680. The fourth-order valence-electron chi connectivity index (χ4n) is 3.61. The summed E-state index contributed by atoms with van der Waals surface area (Å²) in [5.74, 6) is -1.46. The molecule has 186 valence electrons. The zero-order valence-electron chi connectivity index (χ0n) is 19.5. The van der Waals surface area contributed by atoms with Gasteiger partial charge in [0.1, 0.15) is 12.4 Å². The Kier molecular flexibility index (Phi) is 6.85. The molecule has 1 unspecified atom stereocenters. The van der Waals surface area contributed by atoms with Crippen LogP contribution in [0.5, 0.6) is 6.01 Å². The monoisotopic (exact) mass is 502 g/mol. The number of hydrogen-bond acceptors (Lipinski definition) is 9. The van der Waals surface area contributed by atoms with E-state index in [0.717, 1.165) is 24.4 Å². The van der Waals surface area contributed by atoms with Gasteiger partial charge in [-0.05, 0) is 24.1 Å². The molecule has 1 aromatic carbocycles. The van der Waals surface area contributed by atoms with Crippen LogP contribution < -0.4 is 10.5 Å². The van der Waals surface area contributed by atoms with E-state index in [1.165, 1.54) is 26.4 Å². The van der Waals surface area contributed by atoms with Gasteiger partial charge in [0, 0.05) is 27.2 Å². The quantitative estimate of drug-likeness (QED) is 0.468. The number of Topliss-reactive ketones (excluding diaryl/α,β-unsaturated/α-hetero) is 1. The van der Waals surface area contributed by atoms with Gasteiger partial charge < -0.3 is 14.9 Å². The van der Waals surface area contributed by atoms with E-state index in [1.54, 1.807) is 6.92 Å². The number of furan rings is 1. The Bertz CT molecular complexity index is 1340. The molecule has 12 nitrogen and oxygen atoms in total. The molecule has 0 saturated carbocycles. The number of hydrogen-bond donors (Lipinski definition) is 1. The van der Waals surface area contributed by atoms with Crippen molar-refractivity contribution in [2.75, 3.05) is 27.2 Å². The molecule has 3 aromatic rings. The van der Waals surface area contributed by atoms with Gasteiger partial charge in [-0.15, -0.1) is 9.78 Å². The Hall–Kier alpha value is -3.39. The van der Waals surface area contributed by atoms with Crippen LogP contribution in [0, 0.1) is 6.92 Å². The van der Waals surface area contributed by atoms with Crippen molar-refractivity contribution in [3.8, 4) is 6.01 Å². The molecule has 35 heavy (non-hydrogen) atoms. The fourth-order valence-corrected chi connectivity index (χ4v) is 4.70. The summed E-state index contributed by atoms with van der Waals surface area (Å²) < 4.78 is 39.1. The van der Waals surface area contributed by atoms with Crippen molar-refractivity contribution < 1.29 is 27.2 Å². The average molecular weight is 503 g/mol. The number of nitrogens with two attached hydrogens (primary N) is 1. The lowest BCUT2D eigenvalue weighted by Gasteiger charge is -2.19. The molecule has 0 radical (unpaired) electrons. The third kappa shape index (κ3) is 4.89. The van der Waals surface area contributed by atoms with Crippen LogP contribution in [-0.4, -0.2) is 70.7 Å². The minimum absolute atomic E-state index is 0.00873. The Morgan fingerprint density at radius 3 is 2.51 bits per heavy atom. The molecule has 0 bridgehead atoms. The summed E-state index contributed by atoms with van der Waals surface area (Å²) in [4.78, 5) is 30.2. The number of carbonyl (C=O) groups excluding carboxylic acids is 2. The first-order valence-corrected chi connectivity index (χ1v) is 12.2. The second-order valence-electron chi connectivity index (χ2n) is 8.27. The lowest BCUT2D eigenvalue weighted by atomic mass is 10.1. The number of carbonyl (C=O) groups is 2. The van der Waals surface area contributed by atoms with Gasteiger partial charge in [0.15, 0.2) is 11.6 Å². The maximum absolute atomic E-state index is 13.2. The highest BCUT2D eigenvalue weighted by Gasteiger charge is 2.42. The first-order valence-electron chi connectivity index (χ1n) is 10.8. The van der Waals surface area contributed by atoms with Gasteiger partial charge in [0.05, 0.1) is 24.3 Å². The Morgan fingerprint density at radius 1 is 1.23 bits per heavy atom. The highest BCUT2D eigenvalue weighted by atomic mass is 32.2. The topological polar surface area (TPSA) is 154 Å². The summed E-state index contributed by atoms with van der Waals surface area (Å²) in [5, 5.41) is 4.26. The van der Waals surface area contributed by atoms with E-state index >= 15 is 0 Å². The second-order valence-corrected chi connectivity index (χ2v) is 10.4. The van der Waals surface area contributed by atoms with E-state index in [4.69, 9.17) is 14.9 Å². The van der Waals surface area contributed by atoms with Gasteiger partial charge in [-0.2, -0.15) is 22.0 Å². The van der Waals surface area contributed by atoms with E-state index < -0.39 is 22.0 Å². The number of nitrogens with zero attached hydrogens (tertiary/aromatic N) is 5. The van der Waals surface area contributed by atoms with Crippen molar-refractivity contribution in [3.63, 3.8) is 0 Å². The first-order chi connectivity index (χ1) is 16.6. The highest BCUT2D eigenvalue weighted by Crippen LogP contribution is 2.27. The van der Waals surface area contributed by atoms with Crippen LogP contribution in [0.4, 0.5) is 0 Å². The van der Waals surface area contributed by atoms with E-state index in [-0.39, 0.29) is 42.9 Å². The summed E-state index contributed by atoms with van der Waals surface area (Å²) in [5.41, 5.74) is 7.66. The normalized spacial score (nSPS) is 16.8. The SMILES string of the molecule is Cc1occc1C(=O)n1nc(C2CN(S(=O)(=O)N(C)C)CC2=O)nc1OCc1ccc(CN)cc1. The molecule has 3 heterocycles. The van der Waals surface area contributed by atoms with E-state index in [9.17, 15) is 18.0 Å². The lowest BCUT2D eigenvalue weighted by molar-refractivity contribution is -0.117. The van der Waals surface area contributed by atoms with Crippen molar-refractivity contribution in [1.82, 2.24) is 23.4 Å². The molecule has 2 aromatic heterocycles. The molecule has 1 saturated heterocycles. The highest BCUT2D eigenvalue weighted by molar-refractivity contribution is 7.86. The maximum atomic E-state index is 13.2. The minimum Gasteiger partial charge on any atom is -0.469 e. The molecule has 1 atom stereocenters. The molecule has 0 spiro atoms. The molecule has 1 aliphatic rings. The van der Waals surface area contributed by atoms with E-state index in [1.807, 2.05) is 24.3 Å². The van der Waals surface area contributed by atoms with Crippen molar-refractivity contribution in [2.24, 2.45) is 5.73 Å². The molecular formula is C22H26N6O6S. The van der Waals surface area contributed by atoms with Crippen LogP contribution in [0.15, 0.2) is 41.0 Å². The Balaban J connectivity index is 1.64. The number of ether oxygens (including phenoxy) is 1. The smallest absolute Gasteiger partial charge is 0.323 e. The molecule has 4 rings (SSSR count). The molecule has 0 amide bonds. The van der Waals surface area contributed by atoms with E-state index in [2.05, 4.69) is 10.1 Å². The summed E-state index contributed by atoms with van der Waals surface area (Å²) in [6.45, 7) is 1.68. The second kappa shape index (κ2) is 9.70. The molecule has 2 N–H and O–H groups in total. The van der Waals surface area contributed by atoms with Gasteiger partial charge in [-0.3, -0.25) is 9.59 Å². The van der Waals surface area contributed by atoms with Gasteiger partial charge in [-0.25, -0.2) is 0 Å². The van der Waals surface area contributed by atoms with Crippen molar-refractivity contribution >= 4 is 21.9 Å².